The first-order valence-corrected chi connectivity index (χ1v) is 10.0. The molecule has 15 heteroatoms. The number of fused-ring (bicyclic) bond motifs is 1. The Morgan fingerprint density at radius 1 is 1.17 bits per heavy atom. The molecule has 188 valence electrons. The number of hydrogen-bond acceptors (Lipinski definition) is 5. The lowest BCUT2D eigenvalue weighted by molar-refractivity contribution is -0.214. The zero-order valence-corrected chi connectivity index (χ0v) is 17.6. The van der Waals surface area contributed by atoms with Crippen molar-refractivity contribution in [1.29, 1.82) is 0 Å². The second-order valence-corrected chi connectivity index (χ2v) is 7.87. The number of carbonyl (C=O) groups is 1. The van der Waals surface area contributed by atoms with Gasteiger partial charge in [0.2, 0.25) is 5.89 Å². The third kappa shape index (κ3) is 4.98. The SMILES string of the molecule is CC(F)(F)c1cc(-c2nc3c(o2)CCCC3NC(=O)c2cn(C(F)(F)F)nc2C(F)(F)F)ccn1. The van der Waals surface area contributed by atoms with E-state index >= 15 is 0 Å². The van der Waals surface area contributed by atoms with Crippen LogP contribution in [0.2, 0.25) is 0 Å². The first kappa shape index (κ1) is 24.6. The molecule has 0 radical (unpaired) electrons. The number of pyridine rings is 1. The zero-order valence-electron chi connectivity index (χ0n) is 17.6. The minimum absolute atomic E-state index is 0.0421. The Balaban J connectivity index is 1.64. The van der Waals surface area contributed by atoms with Crippen molar-refractivity contribution in [3.63, 3.8) is 0 Å². The fraction of sp³-hybridized carbons (Fsp3) is 0.400. The van der Waals surface area contributed by atoms with Crippen molar-refractivity contribution in [3.05, 3.63) is 52.9 Å². The van der Waals surface area contributed by atoms with Crippen LogP contribution in [0.5, 0.6) is 0 Å². The lowest BCUT2D eigenvalue weighted by Crippen LogP contribution is -2.32. The highest BCUT2D eigenvalue weighted by atomic mass is 19.4. The van der Waals surface area contributed by atoms with Crippen LogP contribution in [0.3, 0.4) is 0 Å². The van der Waals surface area contributed by atoms with Gasteiger partial charge in [-0.15, -0.1) is 13.2 Å². The van der Waals surface area contributed by atoms with E-state index in [9.17, 15) is 39.9 Å². The van der Waals surface area contributed by atoms with Gasteiger partial charge in [0, 0.05) is 31.3 Å². The Labute approximate surface area is 191 Å². The van der Waals surface area contributed by atoms with Crippen molar-refractivity contribution in [2.24, 2.45) is 0 Å². The lowest BCUT2D eigenvalue weighted by atomic mass is 9.96. The summed E-state index contributed by atoms with van der Waals surface area (Å²) in [7, 11) is 0. The average Bonchev–Trinajstić information content (AvgIpc) is 3.38. The van der Waals surface area contributed by atoms with Gasteiger partial charge in [-0.1, -0.05) is 0 Å². The van der Waals surface area contributed by atoms with E-state index in [2.05, 4.69) is 20.4 Å². The molecule has 0 bridgehead atoms. The second-order valence-electron chi connectivity index (χ2n) is 7.87. The maximum Gasteiger partial charge on any atom is 0.504 e. The number of halogens is 8. The van der Waals surface area contributed by atoms with Crippen molar-refractivity contribution in [2.75, 3.05) is 0 Å². The predicted molar refractivity (Wildman–Crippen MR) is 101 cm³/mol. The van der Waals surface area contributed by atoms with Gasteiger partial charge in [-0.05, 0) is 25.0 Å². The van der Waals surface area contributed by atoms with Crippen molar-refractivity contribution < 1.29 is 44.3 Å². The monoisotopic (exact) mass is 509 g/mol. The molecule has 3 heterocycles. The van der Waals surface area contributed by atoms with Crippen molar-refractivity contribution in [2.45, 2.75) is 50.6 Å². The zero-order chi connectivity index (χ0) is 25.8. The maximum atomic E-state index is 13.6. The first-order valence-electron chi connectivity index (χ1n) is 10.0. The molecule has 1 aliphatic rings. The third-order valence-electron chi connectivity index (χ3n) is 5.20. The van der Waals surface area contributed by atoms with Crippen LogP contribution in [0.4, 0.5) is 35.1 Å². The van der Waals surface area contributed by atoms with Crippen LogP contribution in [-0.4, -0.2) is 25.7 Å². The van der Waals surface area contributed by atoms with E-state index in [1.54, 1.807) is 0 Å². The van der Waals surface area contributed by atoms with Crippen LogP contribution in [0, 0.1) is 0 Å². The second kappa shape index (κ2) is 8.30. The Hall–Kier alpha value is -3.52. The number of hydrogen-bond donors (Lipinski definition) is 1. The number of aromatic nitrogens is 4. The summed E-state index contributed by atoms with van der Waals surface area (Å²) >= 11 is 0. The lowest BCUT2D eigenvalue weighted by Gasteiger charge is -2.21. The molecule has 0 spiro atoms. The highest BCUT2D eigenvalue weighted by Gasteiger charge is 2.43. The molecule has 1 aliphatic carbocycles. The number of aryl methyl sites for hydroxylation is 1. The topological polar surface area (TPSA) is 85.8 Å². The molecule has 0 aliphatic heterocycles. The van der Waals surface area contributed by atoms with Crippen LogP contribution in [0.25, 0.3) is 11.5 Å². The number of amides is 1. The molecule has 4 rings (SSSR count). The van der Waals surface area contributed by atoms with Gasteiger partial charge < -0.3 is 9.73 Å². The van der Waals surface area contributed by atoms with Crippen LogP contribution < -0.4 is 5.32 Å². The summed E-state index contributed by atoms with van der Waals surface area (Å²) in [5.74, 6) is -4.49. The predicted octanol–water partition coefficient (Wildman–Crippen LogP) is 5.35. The van der Waals surface area contributed by atoms with E-state index in [0.29, 0.717) is 19.8 Å². The molecule has 35 heavy (non-hydrogen) atoms. The van der Waals surface area contributed by atoms with Crippen LogP contribution in [0.1, 0.15) is 59.0 Å². The van der Waals surface area contributed by atoms with E-state index in [1.165, 1.54) is 6.07 Å². The number of nitrogens with one attached hydrogen (secondary N) is 1. The maximum absolute atomic E-state index is 13.6. The number of nitrogens with zero attached hydrogens (tertiary/aromatic N) is 4. The molecule has 7 nitrogen and oxygen atoms in total. The van der Waals surface area contributed by atoms with Gasteiger partial charge in [0.15, 0.2) is 5.69 Å². The van der Waals surface area contributed by atoms with E-state index in [0.717, 1.165) is 12.3 Å². The van der Waals surface area contributed by atoms with Crippen molar-refractivity contribution in [1.82, 2.24) is 25.1 Å². The first-order chi connectivity index (χ1) is 16.1. The fourth-order valence-electron chi connectivity index (χ4n) is 3.60. The summed E-state index contributed by atoms with van der Waals surface area (Å²) in [6.07, 6.45) is -8.54. The van der Waals surface area contributed by atoms with E-state index in [-0.39, 0.29) is 35.5 Å². The highest BCUT2D eigenvalue weighted by molar-refractivity contribution is 5.95. The van der Waals surface area contributed by atoms with Gasteiger partial charge in [0.1, 0.15) is 17.1 Å². The Kier molecular flexibility index (Phi) is 5.84. The molecule has 1 N–H and O–H groups in total. The molecule has 1 atom stereocenters. The Morgan fingerprint density at radius 3 is 2.51 bits per heavy atom. The summed E-state index contributed by atoms with van der Waals surface area (Å²) in [5, 5.41) is 4.74. The molecule has 0 saturated heterocycles. The number of alkyl halides is 8. The smallest absolute Gasteiger partial charge is 0.441 e. The molecule has 3 aromatic rings. The summed E-state index contributed by atoms with van der Waals surface area (Å²) in [6.45, 7) is 0.654. The molecule has 1 unspecified atom stereocenters. The van der Waals surface area contributed by atoms with E-state index in [4.69, 9.17) is 4.42 Å². The van der Waals surface area contributed by atoms with E-state index < -0.39 is 52.0 Å². The standard InChI is InChI=1S/C20H15F8N5O2/c1-18(21,22)13-7-9(5-6-29-13)17-31-14-11(3-2-4-12(14)35-17)30-16(34)10-8-33(20(26,27)28)32-15(10)19(23,24)25/h5-8,11H,2-4H2,1H3,(H,30,34). The molecule has 0 saturated carbocycles. The summed E-state index contributed by atoms with van der Waals surface area (Å²) in [4.78, 5) is 20.4. The van der Waals surface area contributed by atoms with Crippen LogP contribution in [0.15, 0.2) is 28.9 Å². The quantitative estimate of drug-likeness (QED) is 0.480. The molecule has 0 fully saturated rings. The molecule has 1 amide bonds. The minimum atomic E-state index is -5.32. The largest absolute Gasteiger partial charge is 0.504 e. The molecule has 0 aromatic carbocycles. The van der Waals surface area contributed by atoms with Gasteiger partial charge >= 0.3 is 12.5 Å². The van der Waals surface area contributed by atoms with Gasteiger partial charge in [-0.25, -0.2) is 4.98 Å². The van der Waals surface area contributed by atoms with Gasteiger partial charge in [0.05, 0.1) is 11.6 Å². The summed E-state index contributed by atoms with van der Waals surface area (Å²) < 4.78 is 110. The number of rotatable bonds is 4. The van der Waals surface area contributed by atoms with Gasteiger partial charge in [-0.3, -0.25) is 9.78 Å². The Bertz CT molecular complexity index is 1260. The number of carbonyl (C=O) groups excluding carboxylic acids is 1. The normalized spacial score (nSPS) is 16.8. The Morgan fingerprint density at radius 2 is 1.89 bits per heavy atom. The minimum Gasteiger partial charge on any atom is -0.441 e. The van der Waals surface area contributed by atoms with Crippen LogP contribution in [-0.2, 0) is 24.8 Å². The van der Waals surface area contributed by atoms with E-state index in [1.807, 2.05) is 0 Å². The summed E-state index contributed by atoms with van der Waals surface area (Å²) in [6, 6.07) is 1.43. The van der Waals surface area contributed by atoms with Gasteiger partial charge in [0.25, 0.3) is 11.8 Å². The highest BCUT2D eigenvalue weighted by Crippen LogP contribution is 2.36. The summed E-state index contributed by atoms with van der Waals surface area (Å²) in [5.41, 5.74) is -3.55. The molecular weight excluding hydrogens is 494 g/mol. The van der Waals surface area contributed by atoms with Crippen molar-refractivity contribution >= 4 is 5.91 Å². The molecular formula is C20H15F8N5O2. The van der Waals surface area contributed by atoms with Gasteiger partial charge in [-0.2, -0.15) is 31.7 Å². The average molecular weight is 509 g/mol. The molecule has 3 aromatic heterocycles. The van der Waals surface area contributed by atoms with Crippen molar-refractivity contribution in [3.8, 4) is 11.5 Å². The third-order valence-corrected chi connectivity index (χ3v) is 5.20. The number of oxazole rings is 1. The fourth-order valence-corrected chi connectivity index (χ4v) is 3.60. The van der Waals surface area contributed by atoms with Crippen LogP contribution >= 0.6 is 0 Å².